The molecule has 0 saturated heterocycles. The van der Waals surface area contributed by atoms with Gasteiger partial charge in [-0.15, -0.1) is 0 Å². The zero-order chi connectivity index (χ0) is 14.7. The molecule has 21 heavy (non-hydrogen) atoms. The molecule has 106 valence electrons. The van der Waals surface area contributed by atoms with Crippen molar-refractivity contribution in [1.29, 1.82) is 0 Å². The number of carbonyl (C=O) groups excluding carboxylic acids is 1. The second-order valence-corrected chi connectivity index (χ2v) is 6.17. The van der Waals surface area contributed by atoms with Crippen LogP contribution in [0.3, 0.4) is 0 Å². The van der Waals surface area contributed by atoms with Gasteiger partial charge in [0, 0.05) is 18.2 Å². The first-order chi connectivity index (χ1) is 10.2. The fourth-order valence-electron chi connectivity index (χ4n) is 2.38. The number of carbonyl (C=O) groups is 1. The number of H-pyrrole nitrogens is 1. The Kier molecular flexibility index (Phi) is 4.34. The minimum atomic E-state index is 0.275. The quantitative estimate of drug-likeness (QED) is 0.672. The first-order valence-corrected chi connectivity index (χ1v) is 7.98. The van der Waals surface area contributed by atoms with Crippen molar-refractivity contribution in [1.82, 2.24) is 10.2 Å². The Balaban J connectivity index is 1.64. The molecular weight excluding hydrogens is 375 g/mol. The standard InChI is InChI=1S/C17H15IN2O/c18-17-15-11-13(7-9-16(15)19-20-17)10-14(21)8-6-12-4-2-1-3-5-12/h1-5,7,9,11H,6,8,10H2,(H,19,20). The molecule has 3 nitrogen and oxygen atoms in total. The Hall–Kier alpha value is -1.69. The number of Topliss-reactive ketones (excluding diaryl/α,β-unsaturated/α-hetero) is 1. The van der Waals surface area contributed by atoms with E-state index in [0.717, 1.165) is 26.6 Å². The summed E-state index contributed by atoms with van der Waals surface area (Å²) < 4.78 is 1.01. The van der Waals surface area contributed by atoms with Gasteiger partial charge in [0.15, 0.2) is 0 Å². The van der Waals surface area contributed by atoms with Gasteiger partial charge < -0.3 is 0 Å². The van der Waals surface area contributed by atoms with Crippen LogP contribution in [0.1, 0.15) is 17.5 Å². The highest BCUT2D eigenvalue weighted by molar-refractivity contribution is 14.1. The van der Waals surface area contributed by atoms with Crippen LogP contribution in [0.15, 0.2) is 48.5 Å². The lowest BCUT2D eigenvalue weighted by Gasteiger charge is -2.02. The summed E-state index contributed by atoms with van der Waals surface area (Å²) in [7, 11) is 0. The largest absolute Gasteiger partial charge is 0.299 e. The van der Waals surface area contributed by atoms with Crippen molar-refractivity contribution in [2.45, 2.75) is 19.3 Å². The van der Waals surface area contributed by atoms with Crippen molar-refractivity contribution < 1.29 is 4.79 Å². The number of ketones is 1. The number of nitrogens with one attached hydrogen (secondary N) is 1. The van der Waals surface area contributed by atoms with Crippen molar-refractivity contribution in [2.24, 2.45) is 0 Å². The van der Waals surface area contributed by atoms with Gasteiger partial charge in [-0.3, -0.25) is 9.89 Å². The van der Waals surface area contributed by atoms with Crippen LogP contribution in [-0.4, -0.2) is 16.0 Å². The zero-order valence-corrected chi connectivity index (χ0v) is 13.6. The molecule has 0 aliphatic heterocycles. The van der Waals surface area contributed by atoms with Gasteiger partial charge in [0.05, 0.1) is 5.52 Å². The van der Waals surface area contributed by atoms with Gasteiger partial charge in [-0.05, 0) is 52.3 Å². The zero-order valence-electron chi connectivity index (χ0n) is 11.5. The fourth-order valence-corrected chi connectivity index (χ4v) is 2.93. The third-order valence-electron chi connectivity index (χ3n) is 3.51. The lowest BCUT2D eigenvalue weighted by Crippen LogP contribution is -2.04. The molecule has 0 atom stereocenters. The van der Waals surface area contributed by atoms with E-state index >= 15 is 0 Å². The van der Waals surface area contributed by atoms with Crippen LogP contribution in [0.5, 0.6) is 0 Å². The summed E-state index contributed by atoms with van der Waals surface area (Å²) in [6, 6.07) is 16.1. The van der Waals surface area contributed by atoms with Crippen LogP contribution < -0.4 is 0 Å². The number of aromatic amines is 1. The highest BCUT2D eigenvalue weighted by Crippen LogP contribution is 2.19. The molecule has 0 amide bonds. The van der Waals surface area contributed by atoms with Crippen LogP contribution in [0.2, 0.25) is 0 Å². The number of aryl methyl sites for hydroxylation is 1. The third kappa shape index (κ3) is 3.50. The van der Waals surface area contributed by atoms with E-state index in [1.165, 1.54) is 5.56 Å². The Morgan fingerprint density at radius 1 is 1.10 bits per heavy atom. The van der Waals surface area contributed by atoms with Crippen LogP contribution in [0.4, 0.5) is 0 Å². The molecule has 1 aromatic heterocycles. The predicted molar refractivity (Wildman–Crippen MR) is 92.3 cm³/mol. The molecule has 0 bridgehead atoms. The van der Waals surface area contributed by atoms with Crippen molar-refractivity contribution in [3.8, 4) is 0 Å². The van der Waals surface area contributed by atoms with E-state index in [2.05, 4.69) is 51.0 Å². The minimum absolute atomic E-state index is 0.275. The SMILES string of the molecule is O=C(CCc1ccccc1)Cc1ccc2n[nH]c(I)c2c1. The van der Waals surface area contributed by atoms with Crippen LogP contribution in [0.25, 0.3) is 10.9 Å². The smallest absolute Gasteiger partial charge is 0.137 e. The number of fused-ring (bicyclic) bond motifs is 1. The lowest BCUT2D eigenvalue weighted by molar-refractivity contribution is -0.118. The number of halogens is 1. The van der Waals surface area contributed by atoms with E-state index in [9.17, 15) is 4.79 Å². The van der Waals surface area contributed by atoms with Crippen LogP contribution in [0, 0.1) is 3.70 Å². The van der Waals surface area contributed by atoms with E-state index in [1.807, 2.05) is 30.3 Å². The summed E-state index contributed by atoms with van der Waals surface area (Å²) in [6.45, 7) is 0. The topological polar surface area (TPSA) is 45.8 Å². The average Bonchev–Trinajstić information content (AvgIpc) is 2.87. The molecule has 4 heteroatoms. The molecule has 0 fully saturated rings. The highest BCUT2D eigenvalue weighted by atomic mass is 127. The van der Waals surface area contributed by atoms with Gasteiger partial charge in [0.1, 0.15) is 9.48 Å². The molecule has 0 saturated carbocycles. The van der Waals surface area contributed by atoms with Gasteiger partial charge in [0.2, 0.25) is 0 Å². The van der Waals surface area contributed by atoms with Crippen molar-refractivity contribution in [2.75, 3.05) is 0 Å². The van der Waals surface area contributed by atoms with E-state index in [1.54, 1.807) is 0 Å². The Bertz CT molecular complexity index is 765. The summed E-state index contributed by atoms with van der Waals surface area (Å²) >= 11 is 2.23. The van der Waals surface area contributed by atoms with E-state index < -0.39 is 0 Å². The molecule has 0 aliphatic carbocycles. The molecule has 1 heterocycles. The van der Waals surface area contributed by atoms with Gasteiger partial charge >= 0.3 is 0 Å². The Labute approximate surface area is 136 Å². The lowest BCUT2D eigenvalue weighted by atomic mass is 10.0. The number of hydrogen-bond donors (Lipinski definition) is 1. The molecule has 0 radical (unpaired) electrons. The molecule has 0 aliphatic rings. The molecule has 0 unspecified atom stereocenters. The minimum Gasteiger partial charge on any atom is -0.299 e. The van der Waals surface area contributed by atoms with Gasteiger partial charge in [-0.25, -0.2) is 0 Å². The monoisotopic (exact) mass is 390 g/mol. The summed E-state index contributed by atoms with van der Waals surface area (Å²) in [5, 5.41) is 8.24. The molecule has 3 rings (SSSR count). The maximum Gasteiger partial charge on any atom is 0.137 e. The van der Waals surface area contributed by atoms with E-state index in [4.69, 9.17) is 0 Å². The summed E-state index contributed by atoms with van der Waals surface area (Å²) in [5.41, 5.74) is 3.21. The second kappa shape index (κ2) is 6.39. The molecule has 1 N–H and O–H groups in total. The predicted octanol–water partition coefficient (Wildman–Crippen LogP) is 3.91. The first kappa shape index (κ1) is 14.3. The maximum atomic E-state index is 12.1. The van der Waals surface area contributed by atoms with Crippen molar-refractivity contribution in [3.63, 3.8) is 0 Å². The number of rotatable bonds is 5. The molecule has 3 aromatic rings. The van der Waals surface area contributed by atoms with E-state index in [0.29, 0.717) is 12.8 Å². The Morgan fingerprint density at radius 2 is 1.90 bits per heavy atom. The number of nitrogens with zero attached hydrogens (tertiary/aromatic N) is 1. The van der Waals surface area contributed by atoms with Gasteiger partial charge in [-0.1, -0.05) is 36.4 Å². The first-order valence-electron chi connectivity index (χ1n) is 6.90. The van der Waals surface area contributed by atoms with Crippen LogP contribution >= 0.6 is 22.6 Å². The number of aromatic nitrogens is 2. The third-order valence-corrected chi connectivity index (χ3v) is 4.33. The Morgan fingerprint density at radius 3 is 2.71 bits per heavy atom. The fraction of sp³-hybridized carbons (Fsp3) is 0.176. The molecule has 0 spiro atoms. The highest BCUT2D eigenvalue weighted by Gasteiger charge is 2.08. The molecule has 2 aromatic carbocycles. The number of benzene rings is 2. The number of hydrogen-bond acceptors (Lipinski definition) is 2. The second-order valence-electron chi connectivity index (χ2n) is 5.09. The van der Waals surface area contributed by atoms with Crippen molar-refractivity contribution in [3.05, 3.63) is 63.4 Å². The van der Waals surface area contributed by atoms with Gasteiger partial charge in [-0.2, -0.15) is 5.10 Å². The van der Waals surface area contributed by atoms with Gasteiger partial charge in [0.25, 0.3) is 0 Å². The van der Waals surface area contributed by atoms with E-state index in [-0.39, 0.29) is 5.78 Å². The van der Waals surface area contributed by atoms with Crippen LogP contribution in [-0.2, 0) is 17.6 Å². The normalized spacial score (nSPS) is 10.9. The molecular formula is C17H15IN2O. The summed E-state index contributed by atoms with van der Waals surface area (Å²) in [6.07, 6.45) is 1.89. The summed E-state index contributed by atoms with van der Waals surface area (Å²) in [4.78, 5) is 12.1. The summed E-state index contributed by atoms with van der Waals surface area (Å²) in [5.74, 6) is 0.275. The maximum absolute atomic E-state index is 12.1. The van der Waals surface area contributed by atoms with Crippen molar-refractivity contribution >= 4 is 39.3 Å². The average molecular weight is 390 g/mol.